The zero-order valence-electron chi connectivity index (χ0n) is 40.3. The molecule has 0 saturated carbocycles. The number of ether oxygens (including phenoxy) is 1. The summed E-state index contributed by atoms with van der Waals surface area (Å²) in [6.07, 6.45) is 75.5. The number of hydrogen-bond acceptors (Lipinski definition) is 1. The summed E-state index contributed by atoms with van der Waals surface area (Å²) in [4.78, 5) is 0. The van der Waals surface area contributed by atoms with Gasteiger partial charge in [-0.15, -0.1) is 0 Å². The molecule has 0 aromatic rings. The summed E-state index contributed by atoms with van der Waals surface area (Å²) in [6.45, 7) is 8.19. The Morgan fingerprint density at radius 3 is 0.491 bits per heavy atom. The molecule has 0 aliphatic heterocycles. The van der Waals surface area contributed by atoms with Crippen LogP contribution >= 0.6 is 0 Å². The van der Waals surface area contributed by atoms with Gasteiger partial charge in [-0.2, -0.15) is 0 Å². The quantitative estimate of drug-likeness (QED) is 0.0557. The van der Waals surface area contributed by atoms with Crippen molar-refractivity contribution < 1.29 is 4.74 Å². The minimum Gasteiger partial charge on any atom is -0.381 e. The number of rotatable bonds is 54. The molecule has 0 unspecified atom stereocenters. The molecule has 0 atom stereocenters. The summed E-state index contributed by atoms with van der Waals surface area (Å²) in [7, 11) is 0. The maximum atomic E-state index is 5.76. The second-order valence-electron chi connectivity index (χ2n) is 19.1. The largest absolute Gasteiger partial charge is 0.381 e. The molecule has 0 amide bonds. The Hall–Kier alpha value is -0.0400. The van der Waals surface area contributed by atoms with Gasteiger partial charge in [0.2, 0.25) is 0 Å². The van der Waals surface area contributed by atoms with Crippen LogP contribution in [0.1, 0.15) is 341 Å². The van der Waals surface area contributed by atoms with Crippen LogP contribution in [0.25, 0.3) is 0 Å². The molecule has 1 radical (unpaired) electrons. The molecule has 0 aromatic heterocycles. The summed E-state index contributed by atoms with van der Waals surface area (Å²) in [5.41, 5.74) is 0. The fourth-order valence-electron chi connectivity index (χ4n) is 9.07. The Balaban J connectivity index is 3.05. The van der Waals surface area contributed by atoms with E-state index in [1.54, 1.807) is 0 Å². The monoisotopic (exact) mass is 802 g/mol. The van der Waals surface area contributed by atoms with Gasteiger partial charge in [-0.05, 0) is 12.8 Å². The Morgan fingerprint density at radius 1 is 0.193 bits per heavy atom. The lowest BCUT2D eigenvalue weighted by atomic mass is 10.0. The third kappa shape index (κ3) is 56.0. The number of hydrogen-bond donors (Lipinski definition) is 0. The molecule has 0 aromatic carbocycles. The summed E-state index contributed by atoms with van der Waals surface area (Å²) < 4.78 is 5.76. The molecule has 0 rings (SSSR count). The summed E-state index contributed by atoms with van der Waals surface area (Å²) in [5.74, 6) is 0. The first-order chi connectivity index (χ1) is 28.4. The highest BCUT2D eigenvalue weighted by Gasteiger charge is 1.99. The van der Waals surface area contributed by atoms with Gasteiger partial charge < -0.3 is 4.74 Å². The minimum absolute atomic E-state index is 0.986. The lowest BCUT2D eigenvalue weighted by molar-refractivity contribution is 0.125. The van der Waals surface area contributed by atoms with Gasteiger partial charge in [0, 0.05) is 13.2 Å². The molecule has 0 aliphatic rings. The van der Waals surface area contributed by atoms with Gasteiger partial charge in [-0.25, -0.2) is 0 Å². The lowest BCUT2D eigenvalue weighted by Crippen LogP contribution is -1.97. The van der Waals surface area contributed by atoms with Gasteiger partial charge in [-0.3, -0.25) is 0 Å². The van der Waals surface area contributed by atoms with Crippen molar-refractivity contribution in [3.05, 3.63) is 6.92 Å². The molecule has 57 heavy (non-hydrogen) atoms. The summed E-state index contributed by atoms with van der Waals surface area (Å²) in [6, 6.07) is 0. The Labute approximate surface area is 364 Å². The van der Waals surface area contributed by atoms with Crippen LogP contribution in [-0.4, -0.2) is 13.2 Å². The van der Waals surface area contributed by atoms with Crippen LogP contribution in [-0.2, 0) is 4.74 Å². The molecular formula is C56H113O. The van der Waals surface area contributed by atoms with Crippen molar-refractivity contribution >= 4 is 0 Å². The van der Waals surface area contributed by atoms with E-state index in [0.717, 1.165) is 19.6 Å². The zero-order valence-corrected chi connectivity index (χ0v) is 40.3. The smallest absolute Gasteiger partial charge is 0.0466 e. The third-order valence-electron chi connectivity index (χ3n) is 13.2. The van der Waals surface area contributed by atoms with Gasteiger partial charge in [0.1, 0.15) is 0 Å². The van der Waals surface area contributed by atoms with E-state index in [-0.39, 0.29) is 0 Å². The van der Waals surface area contributed by atoms with E-state index in [0.29, 0.717) is 0 Å². The van der Waals surface area contributed by atoms with Crippen LogP contribution in [0.4, 0.5) is 0 Å². The Morgan fingerprint density at radius 2 is 0.333 bits per heavy atom. The molecule has 0 N–H and O–H groups in total. The fourth-order valence-corrected chi connectivity index (χ4v) is 9.07. The SMILES string of the molecule is [CH2]CCCCCCCCCCCCCCCCCCCCCCCCCCCCCCCCCCCCCCCCCCCCCCCCCOCCCCCC. The standard InChI is InChI=1S/C56H113O/c1-3-5-7-9-10-11-12-13-14-15-16-17-18-19-20-21-22-23-24-25-26-27-28-29-30-31-32-33-34-35-36-37-38-39-40-41-42-43-44-45-46-47-48-49-50-51-52-54-56-57-55-53-8-6-4-2/h1,3-56H2,2H3. The highest BCUT2D eigenvalue weighted by atomic mass is 16.5. The first kappa shape index (κ1) is 57.0. The first-order valence-corrected chi connectivity index (χ1v) is 27.8. The molecule has 0 fully saturated rings. The van der Waals surface area contributed by atoms with E-state index in [2.05, 4.69) is 13.8 Å². The molecule has 343 valence electrons. The average Bonchev–Trinajstić information content (AvgIpc) is 3.22. The molecule has 1 nitrogen and oxygen atoms in total. The van der Waals surface area contributed by atoms with Gasteiger partial charge >= 0.3 is 0 Å². The van der Waals surface area contributed by atoms with Gasteiger partial charge in [0.05, 0.1) is 0 Å². The van der Waals surface area contributed by atoms with E-state index in [9.17, 15) is 0 Å². The summed E-state index contributed by atoms with van der Waals surface area (Å²) >= 11 is 0. The van der Waals surface area contributed by atoms with E-state index >= 15 is 0 Å². The number of unbranched alkanes of at least 4 members (excludes halogenated alkanes) is 50. The van der Waals surface area contributed by atoms with Crippen molar-refractivity contribution in [3.63, 3.8) is 0 Å². The normalized spacial score (nSPS) is 11.7. The maximum absolute atomic E-state index is 5.76. The second kappa shape index (κ2) is 56.0. The van der Waals surface area contributed by atoms with Crippen LogP contribution in [0, 0.1) is 6.92 Å². The molecule has 0 spiro atoms. The first-order valence-electron chi connectivity index (χ1n) is 27.8. The Kier molecular flexibility index (Phi) is 55.9. The molecule has 1 heteroatoms. The Bertz CT molecular complexity index is 589. The topological polar surface area (TPSA) is 9.23 Å². The van der Waals surface area contributed by atoms with E-state index in [4.69, 9.17) is 4.74 Å². The van der Waals surface area contributed by atoms with Crippen molar-refractivity contribution in [2.75, 3.05) is 13.2 Å². The van der Waals surface area contributed by atoms with E-state index < -0.39 is 0 Å². The second-order valence-corrected chi connectivity index (χ2v) is 19.1. The van der Waals surface area contributed by atoms with Crippen LogP contribution in [0.3, 0.4) is 0 Å². The van der Waals surface area contributed by atoms with Gasteiger partial charge in [0.15, 0.2) is 0 Å². The molecule has 0 bridgehead atoms. The van der Waals surface area contributed by atoms with Crippen LogP contribution in [0.5, 0.6) is 0 Å². The van der Waals surface area contributed by atoms with Crippen LogP contribution in [0.2, 0.25) is 0 Å². The third-order valence-corrected chi connectivity index (χ3v) is 13.2. The highest BCUT2D eigenvalue weighted by Crippen LogP contribution is 2.18. The average molecular weight is 803 g/mol. The highest BCUT2D eigenvalue weighted by molar-refractivity contribution is 4.55. The van der Waals surface area contributed by atoms with Crippen molar-refractivity contribution in [2.45, 2.75) is 341 Å². The van der Waals surface area contributed by atoms with Crippen LogP contribution in [0.15, 0.2) is 0 Å². The summed E-state index contributed by atoms with van der Waals surface area (Å²) in [5, 5.41) is 0. The molecular weight excluding hydrogens is 689 g/mol. The van der Waals surface area contributed by atoms with E-state index in [1.165, 1.54) is 327 Å². The molecule has 0 aliphatic carbocycles. The maximum Gasteiger partial charge on any atom is 0.0466 e. The lowest BCUT2D eigenvalue weighted by Gasteiger charge is -2.05. The van der Waals surface area contributed by atoms with Gasteiger partial charge in [0.25, 0.3) is 0 Å². The molecule has 0 saturated heterocycles. The predicted molar refractivity (Wildman–Crippen MR) is 262 cm³/mol. The van der Waals surface area contributed by atoms with Crippen molar-refractivity contribution in [2.24, 2.45) is 0 Å². The van der Waals surface area contributed by atoms with Gasteiger partial charge in [-0.1, -0.05) is 335 Å². The predicted octanol–water partition coefficient (Wildman–Crippen LogP) is 21.1. The minimum atomic E-state index is 0.986. The van der Waals surface area contributed by atoms with Crippen LogP contribution < -0.4 is 0 Å². The molecule has 0 heterocycles. The fraction of sp³-hybridized carbons (Fsp3) is 0.982. The van der Waals surface area contributed by atoms with Crippen molar-refractivity contribution in [3.8, 4) is 0 Å². The van der Waals surface area contributed by atoms with Crippen molar-refractivity contribution in [1.29, 1.82) is 0 Å². The zero-order chi connectivity index (χ0) is 40.9. The van der Waals surface area contributed by atoms with E-state index in [1.807, 2.05) is 0 Å². The van der Waals surface area contributed by atoms with Crippen molar-refractivity contribution in [1.82, 2.24) is 0 Å².